The molecule has 5 heteroatoms. The number of nitrogens with one attached hydrogen (secondary N) is 1. The molecule has 2 heterocycles. The van der Waals surface area contributed by atoms with Gasteiger partial charge < -0.3 is 9.72 Å². The molecule has 2 rings (SSSR count). The third kappa shape index (κ3) is 2.07. The maximum Gasteiger partial charge on any atom is 0.215 e. The quantitative estimate of drug-likeness (QED) is 0.846. The number of pyridine rings is 1. The monoisotopic (exact) mass is 251 g/mol. The molecule has 0 fully saturated rings. The Morgan fingerprint density at radius 3 is 2.71 bits per heavy atom. The number of H-pyrrole nitrogens is 1. The first-order valence-corrected chi connectivity index (χ1v) is 6.27. The fraction of sp³-hybridized carbons (Fsp3) is 0.500. The van der Waals surface area contributed by atoms with Gasteiger partial charge in [-0.05, 0) is 31.1 Å². The van der Waals surface area contributed by atoms with Gasteiger partial charge >= 0.3 is 0 Å². The molecule has 1 N–H and O–H groups in total. The van der Waals surface area contributed by atoms with E-state index >= 15 is 0 Å². The van der Waals surface area contributed by atoms with E-state index in [1.165, 1.54) is 0 Å². The van der Waals surface area contributed by atoms with Crippen LogP contribution in [0.5, 0.6) is 5.88 Å². The van der Waals surface area contributed by atoms with Crippen molar-refractivity contribution in [1.29, 1.82) is 0 Å². The van der Waals surface area contributed by atoms with Crippen LogP contribution in [0.1, 0.15) is 32.7 Å². The molecule has 0 amide bonds. The fourth-order valence-electron chi connectivity index (χ4n) is 2.09. The predicted octanol–water partition coefficient (Wildman–Crippen LogP) is 3.46. The Kier molecular flexibility index (Phi) is 3.47. The maximum atomic E-state index is 5.37. The smallest absolute Gasteiger partial charge is 0.215 e. The summed E-state index contributed by atoms with van der Waals surface area (Å²) >= 11 is 5.37. The Bertz CT molecular complexity index is 569. The second kappa shape index (κ2) is 4.87. The summed E-state index contributed by atoms with van der Waals surface area (Å²) in [6.45, 7) is 4.32. The minimum atomic E-state index is 0.385. The van der Waals surface area contributed by atoms with E-state index in [2.05, 4.69) is 28.4 Å². The highest BCUT2D eigenvalue weighted by Gasteiger charge is 2.13. The number of ether oxygens (including phenoxy) is 1. The molecule has 2 aromatic heterocycles. The molecule has 0 spiro atoms. The summed E-state index contributed by atoms with van der Waals surface area (Å²) < 4.78 is 7.98. The summed E-state index contributed by atoms with van der Waals surface area (Å²) in [6, 6.07) is 4.18. The van der Waals surface area contributed by atoms with Crippen molar-refractivity contribution in [3.8, 4) is 5.88 Å². The van der Waals surface area contributed by atoms with E-state index in [0.717, 1.165) is 28.8 Å². The van der Waals surface area contributed by atoms with E-state index in [1.807, 2.05) is 12.1 Å². The van der Waals surface area contributed by atoms with Crippen LogP contribution < -0.4 is 4.74 Å². The van der Waals surface area contributed by atoms with E-state index in [-0.39, 0.29) is 0 Å². The summed E-state index contributed by atoms with van der Waals surface area (Å²) in [6.07, 6.45) is 2.08. The molecule has 0 unspecified atom stereocenters. The van der Waals surface area contributed by atoms with Gasteiger partial charge in [-0.1, -0.05) is 13.8 Å². The van der Waals surface area contributed by atoms with E-state index in [9.17, 15) is 0 Å². The summed E-state index contributed by atoms with van der Waals surface area (Å²) in [7, 11) is 1.62. The van der Waals surface area contributed by atoms with Crippen LogP contribution >= 0.6 is 12.2 Å². The van der Waals surface area contributed by atoms with Crippen LogP contribution in [0.3, 0.4) is 0 Å². The maximum absolute atomic E-state index is 5.37. The molecule has 4 nitrogen and oxygen atoms in total. The highest BCUT2D eigenvalue weighted by Crippen LogP contribution is 2.23. The molecular formula is C12H17N3OS. The van der Waals surface area contributed by atoms with Crippen molar-refractivity contribution in [2.24, 2.45) is 0 Å². The van der Waals surface area contributed by atoms with E-state index in [1.54, 1.807) is 7.11 Å². The SMILES string of the molecule is CCC(CC)n1c(=S)[nH]c2ccc(OC)nc21. The number of methoxy groups -OCH3 is 1. The Hall–Kier alpha value is -1.36. The van der Waals surface area contributed by atoms with Crippen LogP contribution in [0.25, 0.3) is 11.2 Å². The van der Waals surface area contributed by atoms with Crippen molar-refractivity contribution < 1.29 is 4.74 Å². The first-order chi connectivity index (χ1) is 8.21. The van der Waals surface area contributed by atoms with Gasteiger partial charge in [0.1, 0.15) is 0 Å². The minimum Gasteiger partial charge on any atom is -0.481 e. The zero-order valence-corrected chi connectivity index (χ0v) is 11.2. The van der Waals surface area contributed by atoms with Crippen molar-refractivity contribution in [2.75, 3.05) is 7.11 Å². The molecule has 2 aromatic rings. The van der Waals surface area contributed by atoms with Crippen LogP contribution in [0.2, 0.25) is 0 Å². The highest BCUT2D eigenvalue weighted by atomic mass is 32.1. The van der Waals surface area contributed by atoms with E-state index in [0.29, 0.717) is 11.9 Å². The molecule has 0 aromatic carbocycles. The topological polar surface area (TPSA) is 42.8 Å². The molecule has 0 bridgehead atoms. The summed E-state index contributed by atoms with van der Waals surface area (Å²) in [5, 5.41) is 0. The lowest BCUT2D eigenvalue weighted by Gasteiger charge is -2.14. The van der Waals surface area contributed by atoms with Crippen LogP contribution in [0.4, 0.5) is 0 Å². The number of imidazole rings is 1. The molecule has 0 aliphatic heterocycles. The lowest BCUT2D eigenvalue weighted by Crippen LogP contribution is -2.07. The van der Waals surface area contributed by atoms with Gasteiger partial charge in [0, 0.05) is 12.1 Å². The van der Waals surface area contributed by atoms with Crippen molar-refractivity contribution >= 4 is 23.4 Å². The van der Waals surface area contributed by atoms with Gasteiger partial charge in [0.25, 0.3) is 0 Å². The van der Waals surface area contributed by atoms with Gasteiger partial charge in [-0.15, -0.1) is 0 Å². The summed E-state index contributed by atoms with van der Waals surface area (Å²) in [5.41, 5.74) is 1.84. The van der Waals surface area contributed by atoms with Gasteiger partial charge in [0.05, 0.1) is 12.6 Å². The van der Waals surface area contributed by atoms with Crippen molar-refractivity contribution in [3.05, 3.63) is 16.9 Å². The molecule has 0 saturated carbocycles. The molecule has 17 heavy (non-hydrogen) atoms. The van der Waals surface area contributed by atoms with Crippen molar-refractivity contribution in [1.82, 2.24) is 14.5 Å². The highest BCUT2D eigenvalue weighted by molar-refractivity contribution is 7.71. The second-order valence-electron chi connectivity index (χ2n) is 4.00. The molecule has 0 aliphatic carbocycles. The average Bonchev–Trinajstić information content (AvgIpc) is 2.67. The third-order valence-corrected chi connectivity index (χ3v) is 3.35. The van der Waals surface area contributed by atoms with Crippen molar-refractivity contribution in [3.63, 3.8) is 0 Å². The van der Waals surface area contributed by atoms with Crippen LogP contribution in [-0.4, -0.2) is 21.6 Å². The summed E-state index contributed by atoms with van der Waals surface area (Å²) in [5.74, 6) is 0.617. The first kappa shape index (κ1) is 12.1. The molecular weight excluding hydrogens is 234 g/mol. The zero-order valence-electron chi connectivity index (χ0n) is 10.4. The number of aromatic nitrogens is 3. The number of nitrogens with zero attached hydrogens (tertiary/aromatic N) is 2. The van der Waals surface area contributed by atoms with Crippen LogP contribution in [0, 0.1) is 4.77 Å². The Balaban J connectivity index is 2.67. The fourth-order valence-corrected chi connectivity index (χ4v) is 2.44. The second-order valence-corrected chi connectivity index (χ2v) is 4.38. The Morgan fingerprint density at radius 2 is 2.12 bits per heavy atom. The van der Waals surface area contributed by atoms with Crippen molar-refractivity contribution in [2.45, 2.75) is 32.7 Å². The Labute approximate surface area is 106 Å². The normalized spacial score (nSPS) is 11.3. The standard InChI is InChI=1S/C12H17N3OS/c1-4-8(5-2)15-11-9(13-12(15)17)6-7-10(14-11)16-3/h6-8H,4-5H2,1-3H3,(H,13,17). The average molecular weight is 251 g/mol. The van der Waals surface area contributed by atoms with Gasteiger partial charge in [-0.25, -0.2) is 0 Å². The zero-order chi connectivity index (χ0) is 12.4. The number of hydrogen-bond acceptors (Lipinski definition) is 3. The minimum absolute atomic E-state index is 0.385. The number of fused-ring (bicyclic) bond motifs is 1. The molecule has 0 saturated heterocycles. The molecule has 0 radical (unpaired) electrons. The van der Waals surface area contributed by atoms with E-state index < -0.39 is 0 Å². The lowest BCUT2D eigenvalue weighted by molar-refractivity contribution is 0.397. The lowest BCUT2D eigenvalue weighted by atomic mass is 10.2. The predicted molar refractivity (Wildman–Crippen MR) is 71.1 cm³/mol. The van der Waals surface area contributed by atoms with Gasteiger partial charge in [0.15, 0.2) is 10.4 Å². The molecule has 0 aliphatic rings. The van der Waals surface area contributed by atoms with Gasteiger partial charge in [0.2, 0.25) is 5.88 Å². The number of hydrogen-bond donors (Lipinski definition) is 1. The Morgan fingerprint density at radius 1 is 1.41 bits per heavy atom. The first-order valence-electron chi connectivity index (χ1n) is 5.86. The molecule has 0 atom stereocenters. The van der Waals surface area contributed by atoms with Gasteiger partial charge in [-0.2, -0.15) is 4.98 Å². The van der Waals surface area contributed by atoms with Crippen LogP contribution in [0.15, 0.2) is 12.1 Å². The molecule has 92 valence electrons. The van der Waals surface area contributed by atoms with E-state index in [4.69, 9.17) is 17.0 Å². The third-order valence-electron chi connectivity index (χ3n) is 3.05. The van der Waals surface area contributed by atoms with Gasteiger partial charge in [-0.3, -0.25) is 4.57 Å². The summed E-state index contributed by atoms with van der Waals surface area (Å²) in [4.78, 5) is 7.66. The number of rotatable bonds is 4. The number of aromatic amines is 1. The largest absolute Gasteiger partial charge is 0.481 e. The van der Waals surface area contributed by atoms with Crippen LogP contribution in [-0.2, 0) is 0 Å².